The second-order valence-electron chi connectivity index (χ2n) is 7.89. The van der Waals surface area contributed by atoms with Crippen LogP contribution >= 0.6 is 0 Å². The maximum atomic E-state index is 12.8. The van der Waals surface area contributed by atoms with Gasteiger partial charge in [-0.25, -0.2) is 4.98 Å². The maximum Gasteiger partial charge on any atom is 0.246 e. The third-order valence-corrected chi connectivity index (χ3v) is 5.49. The van der Waals surface area contributed by atoms with Crippen molar-refractivity contribution in [2.45, 2.75) is 58.4 Å². The number of hydrogen-bond donors (Lipinski definition) is 1. The molecule has 1 fully saturated rings. The molecular weight excluding hydrogens is 364 g/mol. The number of nitrogens with one attached hydrogen (secondary N) is 1. The average molecular weight is 397 g/mol. The molecule has 156 valence electrons. The number of imidazole rings is 1. The number of fused-ring (bicyclic) bond motifs is 1. The Morgan fingerprint density at radius 1 is 1.10 bits per heavy atom. The molecule has 0 aliphatic carbocycles. The van der Waals surface area contributed by atoms with Crippen molar-refractivity contribution in [2.75, 3.05) is 19.6 Å². The Balaban J connectivity index is 1.58. The molecule has 1 saturated heterocycles. The normalized spacial score (nSPS) is 14.2. The molecule has 0 radical (unpaired) electrons. The first-order chi connectivity index (χ1) is 14.1. The third kappa shape index (κ3) is 5.68. The summed E-state index contributed by atoms with van der Waals surface area (Å²) in [6, 6.07) is 8.04. The third-order valence-electron chi connectivity index (χ3n) is 5.49. The Bertz CT molecular complexity index is 865. The number of rotatable bonds is 9. The van der Waals surface area contributed by atoms with Crippen LogP contribution in [0.15, 0.2) is 36.4 Å². The zero-order valence-electron chi connectivity index (χ0n) is 17.5. The number of aromatic nitrogens is 2. The van der Waals surface area contributed by atoms with E-state index in [1.54, 1.807) is 6.92 Å². The molecule has 6 nitrogen and oxygen atoms in total. The van der Waals surface area contributed by atoms with Crippen LogP contribution in [0.3, 0.4) is 0 Å². The van der Waals surface area contributed by atoms with E-state index in [4.69, 9.17) is 4.98 Å². The van der Waals surface area contributed by atoms with Crippen LogP contribution in [0.25, 0.3) is 11.0 Å². The van der Waals surface area contributed by atoms with Gasteiger partial charge < -0.3 is 14.8 Å². The van der Waals surface area contributed by atoms with Crippen molar-refractivity contribution in [2.24, 2.45) is 0 Å². The largest absolute Gasteiger partial charge is 0.352 e. The molecule has 0 spiro atoms. The molecule has 6 heteroatoms. The van der Waals surface area contributed by atoms with Gasteiger partial charge in [-0.15, -0.1) is 0 Å². The Morgan fingerprint density at radius 2 is 1.86 bits per heavy atom. The van der Waals surface area contributed by atoms with Crippen LogP contribution in [-0.2, 0) is 22.6 Å². The summed E-state index contributed by atoms with van der Waals surface area (Å²) < 4.78 is 2.09. The molecule has 0 unspecified atom stereocenters. The van der Waals surface area contributed by atoms with Gasteiger partial charge in [0.15, 0.2) is 0 Å². The first kappa shape index (κ1) is 21.1. The van der Waals surface area contributed by atoms with E-state index >= 15 is 0 Å². The SMILES string of the molecule is C=C(C)C(=O)NCCCCCc1nc2ccccc2n1CC(=O)N1CCCCC1. The molecule has 3 rings (SSSR count). The highest BCUT2D eigenvalue weighted by atomic mass is 16.2. The van der Waals surface area contributed by atoms with Crippen molar-refractivity contribution in [3.8, 4) is 0 Å². The number of benzene rings is 1. The molecule has 2 aromatic rings. The summed E-state index contributed by atoms with van der Waals surface area (Å²) in [7, 11) is 0. The maximum absolute atomic E-state index is 12.8. The second-order valence-corrected chi connectivity index (χ2v) is 7.89. The Morgan fingerprint density at radius 3 is 2.62 bits per heavy atom. The summed E-state index contributed by atoms with van der Waals surface area (Å²) in [6.07, 6.45) is 7.15. The molecule has 0 bridgehead atoms. The van der Waals surface area contributed by atoms with Crippen molar-refractivity contribution >= 4 is 22.8 Å². The smallest absolute Gasteiger partial charge is 0.246 e. The lowest BCUT2D eigenvalue weighted by atomic mass is 10.1. The van der Waals surface area contributed by atoms with Gasteiger partial charge in [0.05, 0.1) is 11.0 Å². The van der Waals surface area contributed by atoms with E-state index < -0.39 is 0 Å². The van der Waals surface area contributed by atoms with Gasteiger partial charge in [-0.05, 0) is 51.2 Å². The quantitative estimate of drug-likeness (QED) is 0.521. The topological polar surface area (TPSA) is 67.2 Å². The van der Waals surface area contributed by atoms with Crippen molar-refractivity contribution in [1.29, 1.82) is 0 Å². The number of hydrogen-bond acceptors (Lipinski definition) is 3. The van der Waals surface area contributed by atoms with Gasteiger partial charge in [0, 0.05) is 31.6 Å². The Kier molecular flexibility index (Phi) is 7.44. The van der Waals surface area contributed by atoms with Gasteiger partial charge in [0.1, 0.15) is 12.4 Å². The minimum absolute atomic E-state index is 0.0805. The van der Waals surface area contributed by atoms with E-state index in [9.17, 15) is 9.59 Å². The molecular formula is C23H32N4O2. The van der Waals surface area contributed by atoms with Crippen molar-refractivity contribution < 1.29 is 9.59 Å². The summed E-state index contributed by atoms with van der Waals surface area (Å²) in [5.41, 5.74) is 2.52. The molecule has 2 amide bonds. The summed E-state index contributed by atoms with van der Waals surface area (Å²) in [5.74, 6) is 1.09. The molecule has 0 atom stereocenters. The molecule has 1 aromatic carbocycles. The van der Waals surface area contributed by atoms with Crippen molar-refractivity contribution in [3.63, 3.8) is 0 Å². The fourth-order valence-corrected chi connectivity index (χ4v) is 3.81. The number of para-hydroxylation sites is 2. The highest BCUT2D eigenvalue weighted by molar-refractivity contribution is 5.92. The molecule has 0 saturated carbocycles. The van der Waals surface area contributed by atoms with Crippen LogP contribution in [0.4, 0.5) is 0 Å². The number of nitrogens with zero attached hydrogens (tertiary/aromatic N) is 3. The van der Waals surface area contributed by atoms with Gasteiger partial charge in [-0.1, -0.05) is 25.1 Å². The second kappa shape index (κ2) is 10.2. The van der Waals surface area contributed by atoms with Crippen molar-refractivity contribution in [3.05, 3.63) is 42.2 Å². The molecule has 1 aliphatic heterocycles. The fourth-order valence-electron chi connectivity index (χ4n) is 3.81. The van der Waals surface area contributed by atoms with Crippen LogP contribution < -0.4 is 5.32 Å². The summed E-state index contributed by atoms with van der Waals surface area (Å²) >= 11 is 0. The van der Waals surface area contributed by atoms with E-state index in [2.05, 4.69) is 16.5 Å². The molecule has 1 aromatic heterocycles. The first-order valence-corrected chi connectivity index (χ1v) is 10.7. The standard InChI is InChI=1S/C23H32N4O2/c1-18(2)23(29)24-14-8-3-5-13-21-25-19-11-6-7-12-20(19)27(21)17-22(28)26-15-9-4-10-16-26/h6-7,11-12H,1,3-5,8-10,13-17H2,2H3,(H,24,29). The Labute approximate surface area is 173 Å². The first-order valence-electron chi connectivity index (χ1n) is 10.7. The van der Waals surface area contributed by atoms with Gasteiger partial charge in [0.2, 0.25) is 11.8 Å². The minimum Gasteiger partial charge on any atom is -0.352 e. The number of likely N-dealkylation sites (tertiary alicyclic amines) is 1. The zero-order chi connectivity index (χ0) is 20.6. The average Bonchev–Trinajstić information content (AvgIpc) is 3.08. The van der Waals surface area contributed by atoms with Crippen LogP contribution in [-0.4, -0.2) is 45.9 Å². The monoisotopic (exact) mass is 396 g/mol. The fraction of sp³-hybridized carbons (Fsp3) is 0.522. The number of amides is 2. The number of aryl methyl sites for hydroxylation is 1. The summed E-state index contributed by atoms with van der Waals surface area (Å²) in [5, 5.41) is 2.87. The number of carbonyl (C=O) groups is 2. The summed E-state index contributed by atoms with van der Waals surface area (Å²) in [6.45, 7) is 8.13. The van der Waals surface area contributed by atoms with E-state index in [1.807, 2.05) is 29.2 Å². The van der Waals surface area contributed by atoms with Crippen LogP contribution in [0.5, 0.6) is 0 Å². The molecule has 1 N–H and O–H groups in total. The van der Waals surface area contributed by atoms with Gasteiger partial charge in [-0.2, -0.15) is 0 Å². The number of carbonyl (C=O) groups excluding carboxylic acids is 2. The van der Waals surface area contributed by atoms with E-state index in [-0.39, 0.29) is 11.8 Å². The van der Waals surface area contributed by atoms with Crippen molar-refractivity contribution in [1.82, 2.24) is 19.8 Å². The predicted molar refractivity (Wildman–Crippen MR) is 116 cm³/mol. The number of piperidine rings is 1. The van der Waals surface area contributed by atoms with E-state index in [0.717, 1.165) is 68.5 Å². The summed E-state index contributed by atoms with van der Waals surface area (Å²) in [4.78, 5) is 31.1. The van der Waals surface area contributed by atoms with Gasteiger partial charge in [0.25, 0.3) is 0 Å². The minimum atomic E-state index is -0.0805. The van der Waals surface area contributed by atoms with Crippen LogP contribution in [0, 0.1) is 0 Å². The predicted octanol–water partition coefficient (Wildman–Crippen LogP) is 3.45. The molecule has 2 heterocycles. The molecule has 1 aliphatic rings. The number of unbranched alkanes of at least 4 members (excludes halogenated alkanes) is 2. The molecule has 29 heavy (non-hydrogen) atoms. The Hall–Kier alpha value is -2.63. The van der Waals surface area contributed by atoms with Crippen LogP contribution in [0.2, 0.25) is 0 Å². The lowest BCUT2D eigenvalue weighted by Crippen LogP contribution is -2.38. The highest BCUT2D eigenvalue weighted by Crippen LogP contribution is 2.19. The lowest BCUT2D eigenvalue weighted by Gasteiger charge is -2.27. The zero-order valence-corrected chi connectivity index (χ0v) is 17.5. The van der Waals surface area contributed by atoms with Crippen LogP contribution in [0.1, 0.15) is 51.3 Å². The lowest BCUT2D eigenvalue weighted by molar-refractivity contribution is -0.132. The van der Waals surface area contributed by atoms with E-state index in [1.165, 1.54) is 6.42 Å². The highest BCUT2D eigenvalue weighted by Gasteiger charge is 2.19. The van der Waals surface area contributed by atoms with Gasteiger partial charge in [-0.3, -0.25) is 9.59 Å². The van der Waals surface area contributed by atoms with E-state index in [0.29, 0.717) is 18.7 Å². The van der Waals surface area contributed by atoms with Gasteiger partial charge >= 0.3 is 0 Å².